The van der Waals surface area contributed by atoms with Crippen molar-refractivity contribution in [2.45, 2.75) is 0 Å². The average Bonchev–Trinajstić information content (AvgIpc) is 2.50. The van der Waals surface area contributed by atoms with E-state index in [0.29, 0.717) is 0 Å². The average molecular weight is 478 g/mol. The van der Waals surface area contributed by atoms with Gasteiger partial charge in [0.25, 0.3) is 0 Å². The predicted molar refractivity (Wildman–Crippen MR) is 103 cm³/mol. The zero-order chi connectivity index (χ0) is 13.9. The summed E-state index contributed by atoms with van der Waals surface area (Å²) in [7, 11) is 0. The van der Waals surface area contributed by atoms with E-state index in [4.69, 9.17) is 0 Å². The Balaban J connectivity index is 2.66. The van der Waals surface area contributed by atoms with Gasteiger partial charge in [0.1, 0.15) is 0 Å². The zero-order valence-electron chi connectivity index (χ0n) is 10.4. The molecule has 0 saturated carbocycles. The number of benzene rings is 3. The van der Waals surface area contributed by atoms with E-state index in [1.165, 1.54) is 21.5 Å². The number of fused-ring (bicyclic) bond motifs is 2. The molecular weight excluding hydrogens is 470 g/mol. The molecule has 0 aliphatic rings. The SMILES string of the molecule is IC#Cc1c2ccccc2c(C#CI)c2ccccc12. The van der Waals surface area contributed by atoms with E-state index in [9.17, 15) is 0 Å². The van der Waals surface area contributed by atoms with Crippen molar-refractivity contribution in [3.63, 3.8) is 0 Å². The molecule has 0 spiro atoms. The fraction of sp³-hybridized carbons (Fsp3) is 0. The van der Waals surface area contributed by atoms with Crippen LogP contribution < -0.4 is 0 Å². The second-order valence-corrected chi connectivity index (χ2v) is 5.36. The lowest BCUT2D eigenvalue weighted by molar-refractivity contribution is 1.71. The Bertz CT molecular complexity index is 797. The molecule has 0 nitrogen and oxygen atoms in total. The minimum Gasteiger partial charge on any atom is -0.0616 e. The molecule has 3 aromatic carbocycles. The fourth-order valence-electron chi connectivity index (χ4n) is 2.49. The van der Waals surface area contributed by atoms with E-state index >= 15 is 0 Å². The molecule has 0 N–H and O–H groups in total. The van der Waals surface area contributed by atoms with Gasteiger partial charge in [-0.05, 0) is 29.4 Å². The van der Waals surface area contributed by atoms with Crippen molar-refractivity contribution in [1.82, 2.24) is 0 Å². The highest BCUT2D eigenvalue weighted by atomic mass is 127. The van der Waals surface area contributed by atoms with Gasteiger partial charge in [0.2, 0.25) is 0 Å². The van der Waals surface area contributed by atoms with Gasteiger partial charge in [0, 0.05) is 56.3 Å². The summed E-state index contributed by atoms with van der Waals surface area (Å²) in [4.78, 5) is 0. The highest BCUT2D eigenvalue weighted by molar-refractivity contribution is 14.1. The molecule has 0 saturated heterocycles. The summed E-state index contributed by atoms with van der Waals surface area (Å²) in [6.07, 6.45) is 0. The topological polar surface area (TPSA) is 0 Å². The van der Waals surface area contributed by atoms with Crippen LogP contribution in [0.3, 0.4) is 0 Å². The minimum absolute atomic E-state index is 1.09. The fourth-order valence-corrected chi connectivity index (χ4v) is 3.03. The molecular formula is C18H8I2. The summed E-state index contributed by atoms with van der Waals surface area (Å²) in [5, 5.41) is 4.68. The second-order valence-electron chi connectivity index (χ2n) is 4.28. The molecule has 20 heavy (non-hydrogen) atoms. The quantitative estimate of drug-likeness (QED) is 0.228. The van der Waals surface area contributed by atoms with Crippen LogP contribution in [0.15, 0.2) is 48.5 Å². The maximum absolute atomic E-state index is 3.25. The van der Waals surface area contributed by atoms with Crippen molar-refractivity contribution >= 4 is 66.7 Å². The summed E-state index contributed by atoms with van der Waals surface area (Å²) in [5.41, 5.74) is 2.18. The zero-order valence-corrected chi connectivity index (χ0v) is 14.7. The van der Waals surface area contributed by atoms with Gasteiger partial charge in [0.15, 0.2) is 0 Å². The normalized spacial score (nSPS) is 9.70. The lowest BCUT2D eigenvalue weighted by atomic mass is 9.92. The second kappa shape index (κ2) is 6.03. The van der Waals surface area contributed by atoms with E-state index in [1.807, 2.05) is 0 Å². The first-order valence-electron chi connectivity index (χ1n) is 6.03. The first kappa shape index (κ1) is 13.7. The maximum atomic E-state index is 3.25. The molecule has 0 amide bonds. The molecule has 0 radical (unpaired) electrons. The van der Waals surface area contributed by atoms with E-state index < -0.39 is 0 Å². The third-order valence-electron chi connectivity index (χ3n) is 3.28. The molecule has 0 heterocycles. The van der Waals surface area contributed by atoms with Gasteiger partial charge < -0.3 is 0 Å². The smallest absolute Gasteiger partial charge is 0.0411 e. The summed E-state index contributed by atoms with van der Waals surface area (Å²) < 4.78 is 6.00. The molecule has 0 aliphatic carbocycles. The summed E-state index contributed by atoms with van der Waals surface area (Å²) in [6, 6.07) is 16.7. The highest BCUT2D eigenvalue weighted by Crippen LogP contribution is 2.32. The molecule has 94 valence electrons. The lowest BCUT2D eigenvalue weighted by Gasteiger charge is -2.10. The number of rotatable bonds is 0. The first-order valence-corrected chi connectivity index (χ1v) is 8.19. The highest BCUT2D eigenvalue weighted by Gasteiger charge is 2.10. The molecule has 0 fully saturated rings. The standard InChI is InChI=1S/C18H8I2/c19-11-9-17-13-5-1-2-6-14(13)18(10-12-20)16-8-4-3-7-15(16)17/h1-8H. The molecule has 0 aliphatic heterocycles. The van der Waals surface area contributed by atoms with Crippen molar-refractivity contribution in [2.24, 2.45) is 0 Å². The molecule has 3 aromatic rings. The van der Waals surface area contributed by atoms with Crippen LogP contribution in [0.25, 0.3) is 21.5 Å². The third-order valence-corrected chi connectivity index (χ3v) is 3.82. The summed E-state index contributed by atoms with van der Waals surface area (Å²) in [6.45, 7) is 0. The van der Waals surface area contributed by atoms with Gasteiger partial charge in [-0.15, -0.1) is 0 Å². The van der Waals surface area contributed by atoms with Gasteiger partial charge in [-0.1, -0.05) is 60.4 Å². The molecule has 2 heteroatoms. The molecule has 0 bridgehead atoms. The Morgan fingerprint density at radius 1 is 0.550 bits per heavy atom. The van der Waals surface area contributed by atoms with E-state index in [0.717, 1.165) is 11.1 Å². The first-order chi connectivity index (χ1) is 9.86. The van der Waals surface area contributed by atoms with Gasteiger partial charge in [-0.3, -0.25) is 0 Å². The van der Waals surface area contributed by atoms with Crippen LogP contribution in [-0.4, -0.2) is 0 Å². The van der Waals surface area contributed by atoms with Gasteiger partial charge in [0.05, 0.1) is 0 Å². The van der Waals surface area contributed by atoms with Crippen LogP contribution >= 0.6 is 45.2 Å². The Labute approximate surface area is 145 Å². The Kier molecular flexibility index (Phi) is 4.14. The monoisotopic (exact) mass is 478 g/mol. The third kappa shape index (κ3) is 2.28. The van der Waals surface area contributed by atoms with Gasteiger partial charge in [-0.2, -0.15) is 0 Å². The van der Waals surface area contributed by atoms with Gasteiger partial charge in [-0.25, -0.2) is 0 Å². The van der Waals surface area contributed by atoms with E-state index in [1.54, 1.807) is 0 Å². The van der Waals surface area contributed by atoms with Crippen molar-refractivity contribution in [1.29, 1.82) is 0 Å². The van der Waals surface area contributed by atoms with Crippen LogP contribution in [0.4, 0.5) is 0 Å². The van der Waals surface area contributed by atoms with Crippen LogP contribution in [0.2, 0.25) is 0 Å². The van der Waals surface area contributed by atoms with Crippen LogP contribution in [0.5, 0.6) is 0 Å². The lowest BCUT2D eigenvalue weighted by Crippen LogP contribution is -1.89. The van der Waals surface area contributed by atoms with E-state index in [-0.39, 0.29) is 0 Å². The van der Waals surface area contributed by atoms with Crippen molar-refractivity contribution in [3.05, 3.63) is 59.7 Å². The Morgan fingerprint density at radius 3 is 1.10 bits per heavy atom. The van der Waals surface area contributed by atoms with Crippen molar-refractivity contribution in [2.75, 3.05) is 0 Å². The summed E-state index contributed by atoms with van der Waals surface area (Å²) >= 11 is 4.18. The summed E-state index contributed by atoms with van der Waals surface area (Å²) in [5.74, 6) is 6.50. The molecule has 3 rings (SSSR count). The number of hydrogen-bond acceptors (Lipinski definition) is 0. The molecule has 0 unspecified atom stereocenters. The number of hydrogen-bond donors (Lipinski definition) is 0. The van der Waals surface area contributed by atoms with Crippen LogP contribution in [-0.2, 0) is 0 Å². The Hall–Kier alpha value is -1.24. The Morgan fingerprint density at radius 2 is 0.850 bits per heavy atom. The predicted octanol–water partition coefficient (Wildman–Crippen LogP) is 5.48. The van der Waals surface area contributed by atoms with Crippen LogP contribution in [0, 0.1) is 19.7 Å². The molecule has 0 atom stereocenters. The van der Waals surface area contributed by atoms with Crippen LogP contribution in [0.1, 0.15) is 11.1 Å². The molecule has 0 aromatic heterocycles. The van der Waals surface area contributed by atoms with E-state index in [2.05, 4.69) is 113 Å². The largest absolute Gasteiger partial charge is 0.0616 e. The minimum atomic E-state index is 1.09. The van der Waals surface area contributed by atoms with Gasteiger partial charge >= 0.3 is 0 Å². The van der Waals surface area contributed by atoms with Crippen molar-refractivity contribution in [3.8, 4) is 19.7 Å². The maximum Gasteiger partial charge on any atom is 0.0411 e. The van der Waals surface area contributed by atoms with Crippen molar-refractivity contribution < 1.29 is 0 Å². The number of halogens is 2.